The Balaban J connectivity index is 1.97. The summed E-state index contributed by atoms with van der Waals surface area (Å²) in [5, 5.41) is 3.35. The highest BCUT2D eigenvalue weighted by Crippen LogP contribution is 2.31. The lowest BCUT2D eigenvalue weighted by molar-refractivity contribution is 0.408. The molecule has 2 rings (SSSR count). The van der Waals surface area contributed by atoms with Crippen molar-refractivity contribution in [3.63, 3.8) is 0 Å². The van der Waals surface area contributed by atoms with Crippen molar-refractivity contribution in [2.45, 2.75) is 31.8 Å². The summed E-state index contributed by atoms with van der Waals surface area (Å²) in [6.45, 7) is 2.65. The van der Waals surface area contributed by atoms with Crippen molar-refractivity contribution in [1.82, 2.24) is 10.0 Å². The zero-order valence-electron chi connectivity index (χ0n) is 7.79. The van der Waals surface area contributed by atoms with Gasteiger partial charge >= 0.3 is 0 Å². The first-order chi connectivity index (χ1) is 6.11. The maximum Gasteiger partial charge on any atom is 0.211 e. The van der Waals surface area contributed by atoms with Gasteiger partial charge in [0, 0.05) is 12.1 Å². The summed E-state index contributed by atoms with van der Waals surface area (Å²) in [5.74, 6) is 0.709. The SMILES string of the molecule is CCS(=O)(=O)NC1CC2CC1CN2. The molecule has 2 bridgehead atoms. The topological polar surface area (TPSA) is 58.2 Å². The average molecular weight is 204 g/mol. The highest BCUT2D eigenvalue weighted by atomic mass is 32.2. The lowest BCUT2D eigenvalue weighted by atomic mass is 10.1. The maximum absolute atomic E-state index is 11.3. The highest BCUT2D eigenvalue weighted by molar-refractivity contribution is 7.89. The Morgan fingerprint density at radius 1 is 1.46 bits per heavy atom. The van der Waals surface area contributed by atoms with Crippen LogP contribution >= 0.6 is 0 Å². The molecule has 0 amide bonds. The van der Waals surface area contributed by atoms with Gasteiger partial charge in [0.1, 0.15) is 0 Å². The van der Waals surface area contributed by atoms with Crippen molar-refractivity contribution < 1.29 is 8.42 Å². The number of rotatable bonds is 3. The molecule has 1 aliphatic carbocycles. The van der Waals surface area contributed by atoms with Crippen LogP contribution in [-0.4, -0.2) is 32.8 Å². The fourth-order valence-electron chi connectivity index (χ4n) is 2.29. The van der Waals surface area contributed by atoms with E-state index in [0.29, 0.717) is 12.0 Å². The van der Waals surface area contributed by atoms with E-state index in [9.17, 15) is 8.42 Å². The number of fused-ring (bicyclic) bond motifs is 2. The second-order valence-corrected chi connectivity index (χ2v) is 6.01. The third-order valence-electron chi connectivity index (χ3n) is 3.07. The molecule has 4 nitrogen and oxygen atoms in total. The van der Waals surface area contributed by atoms with Crippen LogP contribution in [0.25, 0.3) is 0 Å². The predicted octanol–water partition coefficient (Wildman–Crippen LogP) is -0.324. The Bertz CT molecular complexity index is 289. The normalized spacial score (nSPS) is 38.4. The van der Waals surface area contributed by atoms with E-state index in [2.05, 4.69) is 10.0 Å². The summed E-state index contributed by atoms with van der Waals surface area (Å²) in [7, 11) is -3.00. The van der Waals surface area contributed by atoms with Gasteiger partial charge in [0.25, 0.3) is 0 Å². The molecule has 0 aromatic rings. The van der Waals surface area contributed by atoms with Crippen LogP contribution in [-0.2, 0) is 10.0 Å². The Morgan fingerprint density at radius 2 is 2.23 bits per heavy atom. The molecular weight excluding hydrogens is 188 g/mol. The quantitative estimate of drug-likeness (QED) is 0.662. The molecule has 5 heteroatoms. The van der Waals surface area contributed by atoms with Crippen molar-refractivity contribution in [3.05, 3.63) is 0 Å². The van der Waals surface area contributed by atoms with Crippen LogP contribution in [0, 0.1) is 5.92 Å². The van der Waals surface area contributed by atoms with Gasteiger partial charge < -0.3 is 5.32 Å². The smallest absolute Gasteiger partial charge is 0.211 e. The van der Waals surface area contributed by atoms with Crippen LogP contribution in [0.15, 0.2) is 0 Å². The first kappa shape index (κ1) is 9.43. The Labute approximate surface area is 79.1 Å². The minimum absolute atomic E-state index is 0.189. The van der Waals surface area contributed by atoms with Crippen molar-refractivity contribution in [1.29, 1.82) is 0 Å². The summed E-state index contributed by atoms with van der Waals surface area (Å²) in [5.41, 5.74) is 0. The van der Waals surface area contributed by atoms with Crippen LogP contribution < -0.4 is 10.0 Å². The van der Waals surface area contributed by atoms with E-state index < -0.39 is 10.0 Å². The zero-order valence-corrected chi connectivity index (χ0v) is 8.60. The summed E-state index contributed by atoms with van der Waals surface area (Å²) >= 11 is 0. The Kier molecular flexibility index (Phi) is 2.33. The van der Waals surface area contributed by atoms with Crippen molar-refractivity contribution in [3.8, 4) is 0 Å². The van der Waals surface area contributed by atoms with Gasteiger partial charge in [-0.15, -0.1) is 0 Å². The number of hydrogen-bond donors (Lipinski definition) is 2. The molecular formula is C8H16N2O2S. The standard InChI is InChI=1S/C8H16N2O2S/c1-2-13(11,12)10-8-4-7-3-6(8)5-9-7/h6-10H,2-5H2,1H3. The molecule has 13 heavy (non-hydrogen) atoms. The number of hydrogen-bond acceptors (Lipinski definition) is 3. The largest absolute Gasteiger partial charge is 0.314 e. The zero-order chi connectivity index (χ0) is 9.47. The fourth-order valence-corrected chi connectivity index (χ4v) is 3.21. The van der Waals surface area contributed by atoms with Gasteiger partial charge in [-0.3, -0.25) is 0 Å². The number of sulfonamides is 1. The minimum atomic E-state index is -3.00. The van der Waals surface area contributed by atoms with E-state index >= 15 is 0 Å². The molecule has 76 valence electrons. The van der Waals surface area contributed by atoms with Gasteiger partial charge in [0.15, 0.2) is 0 Å². The molecule has 2 fully saturated rings. The summed E-state index contributed by atoms with van der Waals surface area (Å²) < 4.78 is 25.4. The molecule has 1 saturated carbocycles. The van der Waals surface area contributed by atoms with E-state index in [-0.39, 0.29) is 11.8 Å². The minimum Gasteiger partial charge on any atom is -0.314 e. The van der Waals surface area contributed by atoms with E-state index in [1.165, 1.54) is 0 Å². The van der Waals surface area contributed by atoms with Crippen molar-refractivity contribution in [2.75, 3.05) is 12.3 Å². The Morgan fingerprint density at radius 3 is 2.69 bits per heavy atom. The summed E-state index contributed by atoms with van der Waals surface area (Å²) in [6, 6.07) is 0.741. The molecule has 3 unspecified atom stereocenters. The predicted molar refractivity (Wildman–Crippen MR) is 50.9 cm³/mol. The molecule has 2 N–H and O–H groups in total. The molecule has 1 heterocycles. The average Bonchev–Trinajstić information content (AvgIpc) is 2.64. The van der Waals surface area contributed by atoms with Gasteiger partial charge in [-0.05, 0) is 32.2 Å². The maximum atomic E-state index is 11.3. The van der Waals surface area contributed by atoms with E-state index in [1.807, 2.05) is 0 Å². The molecule has 3 atom stereocenters. The molecule has 1 saturated heterocycles. The molecule has 0 radical (unpaired) electrons. The number of piperidine rings is 1. The molecule has 0 spiro atoms. The fraction of sp³-hybridized carbons (Fsp3) is 1.00. The second-order valence-electron chi connectivity index (χ2n) is 3.96. The van der Waals surface area contributed by atoms with E-state index in [0.717, 1.165) is 19.4 Å². The molecule has 2 aliphatic rings. The Hall–Kier alpha value is -0.130. The third-order valence-corrected chi connectivity index (χ3v) is 4.50. The molecule has 0 aromatic carbocycles. The monoisotopic (exact) mass is 204 g/mol. The van der Waals surface area contributed by atoms with Gasteiger partial charge in [-0.1, -0.05) is 0 Å². The summed E-state index contributed by atoms with van der Waals surface area (Å²) in [4.78, 5) is 0. The van der Waals surface area contributed by atoms with Gasteiger partial charge in [0.2, 0.25) is 10.0 Å². The van der Waals surface area contributed by atoms with Gasteiger partial charge in [-0.2, -0.15) is 0 Å². The van der Waals surface area contributed by atoms with Crippen molar-refractivity contribution in [2.24, 2.45) is 5.92 Å². The van der Waals surface area contributed by atoms with Crippen LogP contribution in [0.4, 0.5) is 0 Å². The molecule has 0 aromatic heterocycles. The van der Waals surface area contributed by atoms with Crippen LogP contribution in [0.5, 0.6) is 0 Å². The second kappa shape index (κ2) is 3.22. The third kappa shape index (κ3) is 1.87. The number of nitrogens with one attached hydrogen (secondary N) is 2. The van der Waals surface area contributed by atoms with Crippen LogP contribution in [0.1, 0.15) is 19.8 Å². The summed E-state index contributed by atoms with van der Waals surface area (Å²) in [6.07, 6.45) is 2.10. The highest BCUT2D eigenvalue weighted by Gasteiger charge is 2.40. The van der Waals surface area contributed by atoms with Gasteiger partial charge in [0.05, 0.1) is 5.75 Å². The van der Waals surface area contributed by atoms with E-state index in [1.54, 1.807) is 6.92 Å². The van der Waals surface area contributed by atoms with E-state index in [4.69, 9.17) is 0 Å². The first-order valence-electron chi connectivity index (χ1n) is 4.84. The molecule has 1 aliphatic heterocycles. The lowest BCUT2D eigenvalue weighted by Crippen LogP contribution is -2.44. The van der Waals surface area contributed by atoms with Gasteiger partial charge in [-0.25, -0.2) is 13.1 Å². The lowest BCUT2D eigenvalue weighted by Gasteiger charge is -2.22. The van der Waals surface area contributed by atoms with Crippen LogP contribution in [0.2, 0.25) is 0 Å². The first-order valence-corrected chi connectivity index (χ1v) is 6.49. The van der Waals surface area contributed by atoms with Crippen LogP contribution in [0.3, 0.4) is 0 Å². The van der Waals surface area contributed by atoms with Crippen molar-refractivity contribution >= 4 is 10.0 Å².